The van der Waals surface area contributed by atoms with E-state index in [1.165, 1.54) is 0 Å². The van der Waals surface area contributed by atoms with E-state index in [2.05, 4.69) is 4.98 Å². The van der Waals surface area contributed by atoms with Crippen LogP contribution in [0.2, 0.25) is 0 Å². The summed E-state index contributed by atoms with van der Waals surface area (Å²) in [5.41, 5.74) is 0.720. The number of nitrogens with zero attached hydrogens (tertiary/aromatic N) is 2. The second kappa shape index (κ2) is 3.89. The molecular weight excluding hydrogens is 168 g/mol. The summed E-state index contributed by atoms with van der Waals surface area (Å²) in [6, 6.07) is 0. The molecule has 1 atom stereocenters. The summed E-state index contributed by atoms with van der Waals surface area (Å²) in [6.07, 6.45) is 6.23. The van der Waals surface area contributed by atoms with E-state index in [0.29, 0.717) is 6.10 Å². The van der Waals surface area contributed by atoms with E-state index in [-0.39, 0.29) is 6.61 Å². The van der Waals surface area contributed by atoms with E-state index in [0.717, 1.165) is 31.7 Å². The second-order valence-corrected chi connectivity index (χ2v) is 3.35. The van der Waals surface area contributed by atoms with Gasteiger partial charge in [-0.2, -0.15) is 0 Å². The number of hydrogen-bond acceptors (Lipinski definition) is 3. The Morgan fingerprint density at radius 2 is 2.62 bits per heavy atom. The van der Waals surface area contributed by atoms with Crippen molar-refractivity contribution in [3.05, 3.63) is 18.2 Å². The number of rotatable bonds is 3. The van der Waals surface area contributed by atoms with E-state index < -0.39 is 0 Å². The lowest BCUT2D eigenvalue weighted by Crippen LogP contribution is -2.13. The maximum Gasteiger partial charge on any atom is 0.0951 e. The van der Waals surface area contributed by atoms with Crippen LogP contribution in [0.1, 0.15) is 18.5 Å². The van der Waals surface area contributed by atoms with Crippen molar-refractivity contribution in [2.45, 2.75) is 32.1 Å². The molecule has 0 bridgehead atoms. The lowest BCUT2D eigenvalue weighted by molar-refractivity contribution is 0.0969. The fourth-order valence-corrected chi connectivity index (χ4v) is 1.61. The molecule has 1 N–H and O–H groups in total. The predicted octanol–water partition coefficient (Wildman–Crippen LogP) is 0.554. The Morgan fingerprint density at radius 1 is 1.69 bits per heavy atom. The number of aliphatic hydroxyl groups excluding tert-OH is 1. The fraction of sp³-hybridized carbons (Fsp3) is 0.667. The van der Waals surface area contributed by atoms with Crippen molar-refractivity contribution in [2.75, 3.05) is 6.61 Å². The normalized spacial score (nSPS) is 22.4. The van der Waals surface area contributed by atoms with Crippen LogP contribution in [0.15, 0.2) is 12.5 Å². The zero-order chi connectivity index (χ0) is 9.10. The summed E-state index contributed by atoms with van der Waals surface area (Å²) in [4.78, 5) is 4.03. The SMILES string of the molecule is OCc1cn(CC2CCCO2)cn1. The van der Waals surface area contributed by atoms with Gasteiger partial charge in [-0.15, -0.1) is 0 Å². The molecule has 1 aromatic rings. The number of ether oxygens (including phenoxy) is 1. The van der Waals surface area contributed by atoms with Gasteiger partial charge in [-0.05, 0) is 12.8 Å². The number of aromatic nitrogens is 2. The first-order valence-corrected chi connectivity index (χ1v) is 4.61. The zero-order valence-electron chi connectivity index (χ0n) is 7.52. The molecule has 1 fully saturated rings. The van der Waals surface area contributed by atoms with Crippen LogP contribution in [-0.2, 0) is 17.9 Å². The van der Waals surface area contributed by atoms with Gasteiger partial charge in [0.2, 0.25) is 0 Å². The highest BCUT2D eigenvalue weighted by Gasteiger charge is 2.15. The fourth-order valence-electron chi connectivity index (χ4n) is 1.61. The molecule has 0 amide bonds. The molecule has 1 aromatic heterocycles. The molecular formula is C9H14N2O2. The molecule has 0 aliphatic carbocycles. The molecule has 0 spiro atoms. The molecule has 2 heterocycles. The maximum absolute atomic E-state index is 8.80. The highest BCUT2D eigenvalue weighted by Crippen LogP contribution is 2.13. The minimum absolute atomic E-state index is 0.0124. The van der Waals surface area contributed by atoms with Crippen LogP contribution < -0.4 is 0 Å². The van der Waals surface area contributed by atoms with Gasteiger partial charge in [0.1, 0.15) is 0 Å². The largest absolute Gasteiger partial charge is 0.390 e. The third-order valence-corrected chi connectivity index (χ3v) is 2.29. The summed E-state index contributed by atoms with van der Waals surface area (Å²) in [6.45, 7) is 1.75. The van der Waals surface area contributed by atoms with Crippen LogP contribution in [0.4, 0.5) is 0 Å². The van der Waals surface area contributed by atoms with Gasteiger partial charge in [0, 0.05) is 19.3 Å². The number of aliphatic hydroxyl groups is 1. The Labute approximate surface area is 77.2 Å². The standard InChI is InChI=1S/C9H14N2O2/c12-6-8-4-11(7-10-8)5-9-2-1-3-13-9/h4,7,9,12H,1-3,5-6H2. The molecule has 1 aliphatic heterocycles. The van der Waals surface area contributed by atoms with Crippen molar-refractivity contribution in [2.24, 2.45) is 0 Å². The predicted molar refractivity (Wildman–Crippen MR) is 47.1 cm³/mol. The summed E-state index contributed by atoms with van der Waals surface area (Å²) in [7, 11) is 0. The van der Waals surface area contributed by atoms with Crippen molar-refractivity contribution in [1.29, 1.82) is 0 Å². The van der Waals surface area contributed by atoms with Gasteiger partial charge in [-0.25, -0.2) is 4.98 Å². The van der Waals surface area contributed by atoms with E-state index in [4.69, 9.17) is 9.84 Å². The molecule has 72 valence electrons. The van der Waals surface area contributed by atoms with Gasteiger partial charge in [0.05, 0.1) is 24.7 Å². The van der Waals surface area contributed by atoms with Gasteiger partial charge in [-0.3, -0.25) is 0 Å². The minimum atomic E-state index is 0.0124. The Kier molecular flexibility index (Phi) is 2.61. The van der Waals surface area contributed by atoms with Crippen molar-refractivity contribution < 1.29 is 9.84 Å². The van der Waals surface area contributed by atoms with E-state index in [9.17, 15) is 0 Å². The third kappa shape index (κ3) is 2.08. The third-order valence-electron chi connectivity index (χ3n) is 2.29. The summed E-state index contributed by atoms with van der Waals surface area (Å²) >= 11 is 0. The Morgan fingerprint density at radius 3 is 3.23 bits per heavy atom. The molecule has 2 rings (SSSR count). The van der Waals surface area contributed by atoms with Gasteiger partial charge in [0.25, 0.3) is 0 Å². The van der Waals surface area contributed by atoms with Gasteiger partial charge >= 0.3 is 0 Å². The Bertz CT molecular complexity index is 266. The van der Waals surface area contributed by atoms with Crippen LogP contribution in [0.5, 0.6) is 0 Å². The van der Waals surface area contributed by atoms with Gasteiger partial charge in [-0.1, -0.05) is 0 Å². The molecule has 13 heavy (non-hydrogen) atoms. The lowest BCUT2D eigenvalue weighted by Gasteiger charge is -2.08. The molecule has 0 saturated carbocycles. The van der Waals surface area contributed by atoms with Crippen molar-refractivity contribution in [1.82, 2.24) is 9.55 Å². The smallest absolute Gasteiger partial charge is 0.0951 e. The molecule has 1 aliphatic rings. The molecule has 1 unspecified atom stereocenters. The van der Waals surface area contributed by atoms with Crippen LogP contribution in [0.25, 0.3) is 0 Å². The van der Waals surface area contributed by atoms with Crippen LogP contribution in [0.3, 0.4) is 0 Å². The monoisotopic (exact) mass is 182 g/mol. The average molecular weight is 182 g/mol. The minimum Gasteiger partial charge on any atom is -0.390 e. The van der Waals surface area contributed by atoms with Crippen LogP contribution >= 0.6 is 0 Å². The molecule has 4 nitrogen and oxygen atoms in total. The topological polar surface area (TPSA) is 47.3 Å². The molecule has 0 aromatic carbocycles. The highest BCUT2D eigenvalue weighted by atomic mass is 16.5. The van der Waals surface area contributed by atoms with Gasteiger partial charge in [0.15, 0.2) is 0 Å². The highest BCUT2D eigenvalue weighted by molar-refractivity contribution is 4.94. The van der Waals surface area contributed by atoms with Crippen LogP contribution in [0, 0.1) is 0 Å². The van der Waals surface area contributed by atoms with E-state index in [1.54, 1.807) is 6.33 Å². The number of imidazole rings is 1. The Balaban J connectivity index is 1.92. The zero-order valence-corrected chi connectivity index (χ0v) is 7.52. The first-order valence-electron chi connectivity index (χ1n) is 4.61. The quantitative estimate of drug-likeness (QED) is 0.742. The second-order valence-electron chi connectivity index (χ2n) is 3.35. The number of hydrogen-bond donors (Lipinski definition) is 1. The van der Waals surface area contributed by atoms with Crippen molar-refractivity contribution >= 4 is 0 Å². The van der Waals surface area contributed by atoms with Crippen molar-refractivity contribution in [3.8, 4) is 0 Å². The first kappa shape index (κ1) is 8.72. The lowest BCUT2D eigenvalue weighted by atomic mass is 10.2. The van der Waals surface area contributed by atoms with Crippen molar-refractivity contribution in [3.63, 3.8) is 0 Å². The molecule has 1 saturated heterocycles. The van der Waals surface area contributed by atoms with Crippen LogP contribution in [-0.4, -0.2) is 27.4 Å². The summed E-state index contributed by atoms with van der Waals surface area (Å²) in [5, 5.41) is 8.80. The van der Waals surface area contributed by atoms with E-state index >= 15 is 0 Å². The average Bonchev–Trinajstić information content (AvgIpc) is 2.76. The summed E-state index contributed by atoms with van der Waals surface area (Å²) < 4.78 is 7.46. The first-order chi connectivity index (χ1) is 6.38. The van der Waals surface area contributed by atoms with E-state index in [1.807, 2.05) is 10.8 Å². The summed E-state index contributed by atoms with van der Waals surface area (Å²) in [5.74, 6) is 0. The Hall–Kier alpha value is -0.870. The molecule has 0 radical (unpaired) electrons. The van der Waals surface area contributed by atoms with Gasteiger partial charge < -0.3 is 14.4 Å². The maximum atomic E-state index is 8.80. The molecule has 4 heteroatoms.